The molecule has 0 bridgehead atoms. The predicted molar refractivity (Wildman–Crippen MR) is 78.1 cm³/mol. The van der Waals surface area contributed by atoms with Crippen LogP contribution in [0.25, 0.3) is 10.9 Å². The van der Waals surface area contributed by atoms with E-state index >= 15 is 0 Å². The van der Waals surface area contributed by atoms with E-state index < -0.39 is 0 Å². The van der Waals surface area contributed by atoms with E-state index in [0.717, 1.165) is 24.4 Å². The number of aryl methyl sites for hydroxylation is 1. The number of para-hydroxylation sites is 1. The molecule has 96 valence electrons. The third-order valence-corrected chi connectivity index (χ3v) is 2.88. The summed E-state index contributed by atoms with van der Waals surface area (Å²) < 4.78 is 0. The molecule has 2 N–H and O–H groups in total. The first-order valence-electron chi connectivity index (χ1n) is 6.50. The Bertz CT molecular complexity index is 520. The van der Waals surface area contributed by atoms with Crippen molar-refractivity contribution in [3.8, 4) is 0 Å². The summed E-state index contributed by atoms with van der Waals surface area (Å²) in [6, 6.07) is 10.9. The molecule has 0 saturated heterocycles. The summed E-state index contributed by atoms with van der Waals surface area (Å²) in [4.78, 5) is 4.65. The Morgan fingerprint density at radius 1 is 1.17 bits per heavy atom. The van der Waals surface area contributed by atoms with Crippen LogP contribution in [0.2, 0.25) is 0 Å². The summed E-state index contributed by atoms with van der Waals surface area (Å²) in [5.41, 5.74) is 2.24. The van der Waals surface area contributed by atoms with Crippen molar-refractivity contribution >= 4 is 16.7 Å². The lowest BCUT2D eigenvalue weighted by Crippen LogP contribution is -2.28. The van der Waals surface area contributed by atoms with Crippen LogP contribution < -0.4 is 10.6 Å². The Labute approximate surface area is 109 Å². The molecule has 0 radical (unpaired) electrons. The Hall–Kier alpha value is -1.61. The first kappa shape index (κ1) is 12.8. The number of hydrogen-bond acceptors (Lipinski definition) is 3. The van der Waals surface area contributed by atoms with Crippen molar-refractivity contribution in [3.63, 3.8) is 0 Å². The molecule has 1 aromatic carbocycles. The fourth-order valence-electron chi connectivity index (χ4n) is 1.94. The minimum absolute atomic E-state index is 0.525. The number of nitrogens with zero attached hydrogens (tertiary/aromatic N) is 1. The molecule has 2 rings (SSSR count). The molecule has 0 saturated carbocycles. The summed E-state index contributed by atoms with van der Waals surface area (Å²) >= 11 is 0. The van der Waals surface area contributed by atoms with Gasteiger partial charge in [0.25, 0.3) is 0 Å². The van der Waals surface area contributed by atoms with Gasteiger partial charge in [0, 0.05) is 24.5 Å². The normalized spacial score (nSPS) is 11.1. The fraction of sp³-hybridized carbons (Fsp3) is 0.400. The zero-order chi connectivity index (χ0) is 13.0. The first-order valence-corrected chi connectivity index (χ1v) is 6.50. The Morgan fingerprint density at radius 2 is 1.94 bits per heavy atom. The molecule has 18 heavy (non-hydrogen) atoms. The summed E-state index contributed by atoms with van der Waals surface area (Å²) in [6.45, 7) is 8.24. The highest BCUT2D eigenvalue weighted by molar-refractivity contribution is 5.81. The summed E-state index contributed by atoms with van der Waals surface area (Å²) in [5.74, 6) is 0.985. The Morgan fingerprint density at radius 3 is 2.72 bits per heavy atom. The number of rotatable bonds is 5. The summed E-state index contributed by atoms with van der Waals surface area (Å²) in [5, 5.41) is 7.96. The summed E-state index contributed by atoms with van der Waals surface area (Å²) in [7, 11) is 0. The van der Waals surface area contributed by atoms with Crippen LogP contribution in [-0.2, 0) is 0 Å². The number of fused-ring (bicyclic) bond motifs is 1. The molecule has 0 aliphatic carbocycles. The van der Waals surface area contributed by atoms with E-state index in [1.165, 1.54) is 10.9 Å². The first-order chi connectivity index (χ1) is 8.66. The number of hydrogen-bond donors (Lipinski definition) is 2. The maximum Gasteiger partial charge on any atom is 0.129 e. The molecule has 0 fully saturated rings. The van der Waals surface area contributed by atoms with Crippen LogP contribution in [0.1, 0.15) is 19.4 Å². The van der Waals surface area contributed by atoms with E-state index in [2.05, 4.69) is 48.5 Å². The molecule has 0 aliphatic rings. The number of nitrogens with one attached hydrogen (secondary N) is 2. The van der Waals surface area contributed by atoms with Gasteiger partial charge in [-0.2, -0.15) is 0 Å². The van der Waals surface area contributed by atoms with Gasteiger partial charge >= 0.3 is 0 Å². The second kappa shape index (κ2) is 5.83. The van der Waals surface area contributed by atoms with E-state index in [4.69, 9.17) is 0 Å². The quantitative estimate of drug-likeness (QED) is 0.793. The zero-order valence-corrected chi connectivity index (χ0v) is 11.3. The average Bonchev–Trinajstić information content (AvgIpc) is 2.34. The Balaban J connectivity index is 2.06. The van der Waals surface area contributed by atoms with Gasteiger partial charge in [0.15, 0.2) is 0 Å². The molecule has 0 unspecified atom stereocenters. The molecule has 0 atom stereocenters. The second-order valence-corrected chi connectivity index (χ2v) is 4.88. The highest BCUT2D eigenvalue weighted by Gasteiger charge is 2.02. The van der Waals surface area contributed by atoms with E-state index in [9.17, 15) is 0 Å². The van der Waals surface area contributed by atoms with E-state index in [-0.39, 0.29) is 0 Å². The van der Waals surface area contributed by atoms with Crippen LogP contribution in [-0.4, -0.2) is 24.1 Å². The molecule has 0 aliphatic heterocycles. The molecule has 2 aromatic rings. The van der Waals surface area contributed by atoms with Crippen molar-refractivity contribution in [1.82, 2.24) is 10.3 Å². The molecular formula is C15H21N3. The van der Waals surface area contributed by atoms with Gasteiger partial charge in [-0.25, -0.2) is 4.98 Å². The van der Waals surface area contributed by atoms with Crippen LogP contribution >= 0.6 is 0 Å². The standard InChI is InChI=1S/C15H21N3/c1-11(2)16-8-9-17-15-12(3)10-13-6-4-5-7-14(13)18-15/h4-7,10-11,16H,8-9H2,1-3H3,(H,17,18). The SMILES string of the molecule is Cc1cc2ccccc2nc1NCCNC(C)C. The molecule has 0 spiro atoms. The number of anilines is 1. The van der Waals surface area contributed by atoms with Gasteiger partial charge in [-0.1, -0.05) is 32.0 Å². The zero-order valence-electron chi connectivity index (χ0n) is 11.3. The van der Waals surface area contributed by atoms with Crippen molar-refractivity contribution in [2.45, 2.75) is 26.8 Å². The predicted octanol–water partition coefficient (Wildman–Crippen LogP) is 2.95. The van der Waals surface area contributed by atoms with Crippen LogP contribution in [0, 0.1) is 6.92 Å². The van der Waals surface area contributed by atoms with Crippen LogP contribution in [0.15, 0.2) is 30.3 Å². The lowest BCUT2D eigenvalue weighted by Gasteiger charge is -2.12. The van der Waals surface area contributed by atoms with Gasteiger partial charge in [-0.3, -0.25) is 0 Å². The molecular weight excluding hydrogens is 222 g/mol. The maximum absolute atomic E-state index is 4.65. The maximum atomic E-state index is 4.65. The minimum Gasteiger partial charge on any atom is -0.369 e. The van der Waals surface area contributed by atoms with Gasteiger partial charge in [-0.05, 0) is 24.6 Å². The minimum atomic E-state index is 0.525. The van der Waals surface area contributed by atoms with Gasteiger partial charge in [0.05, 0.1) is 5.52 Å². The lowest BCUT2D eigenvalue weighted by molar-refractivity contribution is 0.602. The number of benzene rings is 1. The average molecular weight is 243 g/mol. The largest absolute Gasteiger partial charge is 0.369 e. The van der Waals surface area contributed by atoms with Crippen molar-refractivity contribution in [2.24, 2.45) is 0 Å². The van der Waals surface area contributed by atoms with Gasteiger partial charge in [0.2, 0.25) is 0 Å². The number of pyridine rings is 1. The highest BCUT2D eigenvalue weighted by Crippen LogP contribution is 2.19. The fourth-order valence-corrected chi connectivity index (χ4v) is 1.94. The van der Waals surface area contributed by atoms with Crippen molar-refractivity contribution < 1.29 is 0 Å². The van der Waals surface area contributed by atoms with Crippen molar-refractivity contribution in [2.75, 3.05) is 18.4 Å². The van der Waals surface area contributed by atoms with Crippen LogP contribution in [0.3, 0.4) is 0 Å². The monoisotopic (exact) mass is 243 g/mol. The summed E-state index contributed by atoms with van der Waals surface area (Å²) in [6.07, 6.45) is 0. The van der Waals surface area contributed by atoms with Gasteiger partial charge < -0.3 is 10.6 Å². The van der Waals surface area contributed by atoms with Crippen molar-refractivity contribution in [1.29, 1.82) is 0 Å². The molecule has 0 amide bonds. The molecule has 3 heteroatoms. The smallest absolute Gasteiger partial charge is 0.129 e. The lowest BCUT2D eigenvalue weighted by atomic mass is 10.1. The third kappa shape index (κ3) is 3.20. The molecule has 1 heterocycles. The van der Waals surface area contributed by atoms with Gasteiger partial charge in [0.1, 0.15) is 5.82 Å². The van der Waals surface area contributed by atoms with E-state index in [1.807, 2.05) is 18.2 Å². The Kier molecular flexibility index (Phi) is 4.15. The molecule has 1 aromatic heterocycles. The number of aromatic nitrogens is 1. The van der Waals surface area contributed by atoms with Gasteiger partial charge in [-0.15, -0.1) is 0 Å². The second-order valence-electron chi connectivity index (χ2n) is 4.88. The topological polar surface area (TPSA) is 37.0 Å². The van der Waals surface area contributed by atoms with Crippen molar-refractivity contribution in [3.05, 3.63) is 35.9 Å². The highest BCUT2D eigenvalue weighted by atomic mass is 15.0. The van der Waals surface area contributed by atoms with Crippen LogP contribution in [0.4, 0.5) is 5.82 Å². The van der Waals surface area contributed by atoms with E-state index in [0.29, 0.717) is 6.04 Å². The van der Waals surface area contributed by atoms with Crippen LogP contribution in [0.5, 0.6) is 0 Å². The third-order valence-electron chi connectivity index (χ3n) is 2.88. The molecule has 3 nitrogen and oxygen atoms in total. The van der Waals surface area contributed by atoms with E-state index in [1.54, 1.807) is 0 Å².